The fraction of sp³-hybridized carbons (Fsp3) is 0. The van der Waals surface area contributed by atoms with E-state index in [0.717, 1.165) is 0 Å². The normalized spacial score (nSPS) is 11.7. The summed E-state index contributed by atoms with van der Waals surface area (Å²) in [5, 5.41) is 14.6. The minimum Gasteiger partial charge on any atom is -0.382 e. The van der Waals surface area contributed by atoms with Crippen LogP contribution in [0.4, 0.5) is 23.0 Å². The molecule has 0 unspecified atom stereocenters. The highest BCUT2D eigenvalue weighted by atomic mass is 35.5. The van der Waals surface area contributed by atoms with Gasteiger partial charge in [-0.1, -0.05) is 58.5 Å². The molecular weight excluding hydrogens is 694 g/mol. The number of nitrogens with one attached hydrogen (secondary N) is 4. The number of halogens is 4. The first-order chi connectivity index (χ1) is 20.8. The molecule has 0 radical (unpaired) electrons. The van der Waals surface area contributed by atoms with E-state index in [4.69, 9.17) is 57.9 Å². The van der Waals surface area contributed by atoms with Gasteiger partial charge in [0.2, 0.25) is 0 Å². The molecule has 44 heavy (non-hydrogen) atoms. The average molecular weight is 714 g/mol. The number of nitrogen functional groups attached to an aromatic ring is 2. The number of sulfonamides is 2. The van der Waals surface area contributed by atoms with Crippen molar-refractivity contribution in [2.45, 2.75) is 9.79 Å². The summed E-state index contributed by atoms with van der Waals surface area (Å²) < 4.78 is 54.7. The van der Waals surface area contributed by atoms with Crippen molar-refractivity contribution in [3.05, 3.63) is 92.9 Å². The molecule has 6 aromatic rings. The lowest BCUT2D eigenvalue weighted by Gasteiger charge is -2.11. The SMILES string of the molecule is Nc1n[nH]c2ccc(NS(=O)(=O)c3c(Cl)cccc3Cl)cc12.Nc1n[nH]c2ccc(NS(=O)(=O)c3c(Cl)cccc3Cl)cc12. The Morgan fingerprint density at radius 2 is 0.909 bits per heavy atom. The third kappa shape index (κ3) is 6.45. The first kappa shape index (κ1) is 31.5. The summed E-state index contributed by atoms with van der Waals surface area (Å²) in [6, 6.07) is 18.6. The van der Waals surface area contributed by atoms with E-state index in [1.807, 2.05) is 0 Å². The number of fused-ring (bicyclic) bond motifs is 2. The number of nitrogens with two attached hydrogens (primary N) is 2. The Labute approximate surface area is 270 Å². The molecule has 0 spiro atoms. The Morgan fingerprint density at radius 1 is 0.568 bits per heavy atom. The molecule has 2 heterocycles. The summed E-state index contributed by atoms with van der Waals surface area (Å²) in [6.07, 6.45) is 0. The molecule has 4 aromatic carbocycles. The Bertz CT molecular complexity index is 2060. The summed E-state index contributed by atoms with van der Waals surface area (Å²) in [5.41, 5.74) is 13.5. The van der Waals surface area contributed by atoms with Gasteiger partial charge < -0.3 is 11.5 Å². The van der Waals surface area contributed by atoms with E-state index in [2.05, 4.69) is 29.8 Å². The number of hydrogen-bond donors (Lipinski definition) is 6. The molecule has 0 saturated carbocycles. The standard InChI is InChI=1S/2C13H10Cl2N4O2S/c2*14-9-2-1-3-10(15)12(9)22(20,21)19-7-4-5-11-8(6-7)13(16)18-17-11/h2*1-6,19H,(H3,16,17,18). The zero-order chi connectivity index (χ0) is 31.8. The van der Waals surface area contributed by atoms with Gasteiger partial charge in [0.15, 0.2) is 11.6 Å². The van der Waals surface area contributed by atoms with Gasteiger partial charge >= 0.3 is 0 Å². The first-order valence-electron chi connectivity index (χ1n) is 12.2. The van der Waals surface area contributed by atoms with E-state index in [1.165, 1.54) is 24.3 Å². The Hall–Kier alpha value is -3.92. The molecule has 2 aromatic heterocycles. The fourth-order valence-corrected chi connectivity index (χ4v) is 8.48. The van der Waals surface area contributed by atoms with Gasteiger partial charge in [-0.15, -0.1) is 0 Å². The Balaban J connectivity index is 0.000000175. The van der Waals surface area contributed by atoms with Gasteiger partial charge in [-0.25, -0.2) is 16.8 Å². The van der Waals surface area contributed by atoms with Crippen LogP contribution in [0.5, 0.6) is 0 Å². The second-order valence-electron chi connectivity index (χ2n) is 9.05. The van der Waals surface area contributed by atoms with Gasteiger partial charge in [0.1, 0.15) is 9.79 Å². The minimum atomic E-state index is -3.92. The maximum absolute atomic E-state index is 12.5. The topological polar surface area (TPSA) is 202 Å². The van der Waals surface area contributed by atoms with Crippen LogP contribution >= 0.6 is 46.4 Å². The molecule has 0 amide bonds. The van der Waals surface area contributed by atoms with E-state index in [1.54, 1.807) is 48.5 Å². The van der Waals surface area contributed by atoms with Crippen molar-refractivity contribution in [1.82, 2.24) is 20.4 Å². The van der Waals surface area contributed by atoms with Crippen LogP contribution in [0.25, 0.3) is 21.8 Å². The number of rotatable bonds is 6. The quantitative estimate of drug-likeness (QED) is 0.112. The van der Waals surface area contributed by atoms with Crippen LogP contribution in [-0.4, -0.2) is 37.2 Å². The highest BCUT2D eigenvalue weighted by molar-refractivity contribution is 7.93. The van der Waals surface area contributed by atoms with Gasteiger partial charge in [0.25, 0.3) is 20.0 Å². The molecule has 0 atom stereocenters. The number of hydrogen-bond acceptors (Lipinski definition) is 8. The molecule has 0 bridgehead atoms. The van der Waals surface area contributed by atoms with E-state index < -0.39 is 20.0 Å². The third-order valence-electron chi connectivity index (χ3n) is 6.06. The van der Waals surface area contributed by atoms with Crippen LogP contribution in [0.1, 0.15) is 0 Å². The summed E-state index contributed by atoms with van der Waals surface area (Å²) >= 11 is 23.8. The molecule has 0 fully saturated rings. The molecule has 0 aliphatic rings. The van der Waals surface area contributed by atoms with Gasteiger partial charge in [-0.3, -0.25) is 19.6 Å². The monoisotopic (exact) mass is 712 g/mol. The van der Waals surface area contributed by atoms with Crippen molar-refractivity contribution in [3.8, 4) is 0 Å². The number of anilines is 4. The molecule has 18 heteroatoms. The van der Waals surface area contributed by atoms with Crippen LogP contribution in [0.15, 0.2) is 82.6 Å². The zero-order valence-electron chi connectivity index (χ0n) is 21.9. The number of benzene rings is 4. The summed E-state index contributed by atoms with van der Waals surface area (Å²) in [7, 11) is -7.85. The predicted octanol–water partition coefficient (Wildman–Crippen LogP) is 6.51. The zero-order valence-corrected chi connectivity index (χ0v) is 26.6. The summed E-state index contributed by atoms with van der Waals surface area (Å²) in [6.45, 7) is 0. The Kier molecular flexibility index (Phi) is 8.75. The molecule has 12 nitrogen and oxygen atoms in total. The van der Waals surface area contributed by atoms with Crippen molar-refractivity contribution in [1.29, 1.82) is 0 Å². The molecule has 0 aliphatic carbocycles. The third-order valence-corrected chi connectivity index (χ3v) is 10.7. The lowest BCUT2D eigenvalue weighted by molar-refractivity contribution is 0.599. The minimum absolute atomic E-state index is 0.0453. The number of aromatic amines is 2. The van der Waals surface area contributed by atoms with Crippen molar-refractivity contribution >= 4 is 111 Å². The molecular formula is C26H20Cl4N8O4S2. The number of H-pyrrole nitrogens is 2. The van der Waals surface area contributed by atoms with Crippen LogP contribution in [0, 0.1) is 0 Å². The van der Waals surface area contributed by atoms with Gasteiger partial charge in [0.05, 0.1) is 31.1 Å². The van der Waals surface area contributed by atoms with Gasteiger partial charge in [-0.05, 0) is 60.7 Å². The van der Waals surface area contributed by atoms with E-state index in [-0.39, 0.29) is 41.5 Å². The van der Waals surface area contributed by atoms with E-state index in [9.17, 15) is 16.8 Å². The first-order valence-corrected chi connectivity index (χ1v) is 16.7. The van der Waals surface area contributed by atoms with Crippen LogP contribution < -0.4 is 20.9 Å². The van der Waals surface area contributed by atoms with Crippen molar-refractivity contribution in [2.75, 3.05) is 20.9 Å². The highest BCUT2D eigenvalue weighted by Crippen LogP contribution is 2.33. The van der Waals surface area contributed by atoms with Crippen molar-refractivity contribution < 1.29 is 16.8 Å². The second kappa shape index (κ2) is 12.2. The second-order valence-corrected chi connectivity index (χ2v) is 13.9. The molecule has 0 aliphatic heterocycles. The average Bonchev–Trinajstić information content (AvgIpc) is 3.49. The van der Waals surface area contributed by atoms with E-state index in [0.29, 0.717) is 33.2 Å². The highest BCUT2D eigenvalue weighted by Gasteiger charge is 2.23. The predicted molar refractivity (Wildman–Crippen MR) is 176 cm³/mol. The lowest BCUT2D eigenvalue weighted by Crippen LogP contribution is -2.14. The van der Waals surface area contributed by atoms with Crippen molar-refractivity contribution in [3.63, 3.8) is 0 Å². The fourth-order valence-electron chi connectivity index (χ4n) is 4.09. The van der Waals surface area contributed by atoms with Crippen LogP contribution in [0.2, 0.25) is 20.1 Å². The van der Waals surface area contributed by atoms with Crippen molar-refractivity contribution in [2.24, 2.45) is 0 Å². The molecule has 8 N–H and O–H groups in total. The summed E-state index contributed by atoms with van der Waals surface area (Å²) in [4.78, 5) is -0.336. The summed E-state index contributed by atoms with van der Waals surface area (Å²) in [5.74, 6) is 0.568. The lowest BCUT2D eigenvalue weighted by atomic mass is 10.2. The maximum Gasteiger partial charge on any atom is 0.264 e. The maximum atomic E-state index is 12.5. The number of nitrogens with zero attached hydrogens (tertiary/aromatic N) is 2. The van der Waals surface area contributed by atoms with Crippen LogP contribution in [-0.2, 0) is 20.0 Å². The molecule has 228 valence electrons. The number of aromatic nitrogens is 4. The molecule has 0 saturated heterocycles. The smallest absolute Gasteiger partial charge is 0.264 e. The Morgan fingerprint density at radius 3 is 1.25 bits per heavy atom. The largest absolute Gasteiger partial charge is 0.382 e. The molecule has 6 rings (SSSR count). The van der Waals surface area contributed by atoms with Crippen LogP contribution in [0.3, 0.4) is 0 Å². The van der Waals surface area contributed by atoms with Gasteiger partial charge in [-0.2, -0.15) is 10.2 Å². The van der Waals surface area contributed by atoms with E-state index >= 15 is 0 Å². The van der Waals surface area contributed by atoms with Gasteiger partial charge in [0, 0.05) is 22.1 Å².